The van der Waals surface area contributed by atoms with E-state index in [-0.39, 0.29) is 10.9 Å². The molecule has 3 aromatic rings. The van der Waals surface area contributed by atoms with E-state index >= 15 is 0 Å². The second kappa shape index (κ2) is 6.98. The molecule has 0 aliphatic heterocycles. The normalized spacial score (nSPS) is 12.1. The third-order valence-corrected chi connectivity index (χ3v) is 4.65. The van der Waals surface area contributed by atoms with Gasteiger partial charge in [0.25, 0.3) is 5.69 Å². The van der Waals surface area contributed by atoms with Crippen LogP contribution in [-0.4, -0.2) is 25.1 Å². The molecule has 3 rings (SSSR count). The van der Waals surface area contributed by atoms with Crippen molar-refractivity contribution >= 4 is 29.1 Å². The van der Waals surface area contributed by atoms with Crippen LogP contribution in [0.4, 0.5) is 5.69 Å². The smallest absolute Gasteiger partial charge is 0.258 e. The van der Waals surface area contributed by atoms with Gasteiger partial charge in [0.15, 0.2) is 0 Å². The molecule has 0 fully saturated rings. The predicted molar refractivity (Wildman–Crippen MR) is 91.5 cm³/mol. The number of nitro benzene ring substituents is 1. The van der Waals surface area contributed by atoms with Gasteiger partial charge in [-0.25, -0.2) is 0 Å². The lowest BCUT2D eigenvalue weighted by Crippen LogP contribution is -2.00. The van der Waals surface area contributed by atoms with Gasteiger partial charge in [0.05, 0.1) is 10.6 Å². The van der Waals surface area contributed by atoms with Gasteiger partial charge in [0.2, 0.25) is 5.16 Å². The minimum Gasteiger partial charge on any atom is -0.258 e. The van der Waals surface area contributed by atoms with Crippen LogP contribution in [0.25, 0.3) is 5.69 Å². The molecule has 1 heterocycles. The Labute approximate surface area is 146 Å². The molecule has 24 heavy (non-hydrogen) atoms. The highest BCUT2D eigenvalue weighted by molar-refractivity contribution is 7.99. The predicted octanol–water partition coefficient (Wildman–Crippen LogP) is 4.08. The molecule has 0 amide bonds. The fourth-order valence-electron chi connectivity index (χ4n) is 2.14. The van der Waals surface area contributed by atoms with E-state index in [2.05, 4.69) is 15.5 Å². The number of non-ortho nitro benzene ring substituents is 1. The molecule has 1 atom stereocenters. The van der Waals surface area contributed by atoms with E-state index in [4.69, 9.17) is 11.6 Å². The maximum Gasteiger partial charge on any atom is 0.269 e. The average Bonchev–Trinajstić information content (AvgIpc) is 3.03. The molecule has 0 unspecified atom stereocenters. The van der Waals surface area contributed by atoms with E-state index in [0.29, 0.717) is 10.2 Å². The van der Waals surface area contributed by atoms with Crippen molar-refractivity contribution in [2.75, 3.05) is 0 Å². The Morgan fingerprint density at radius 2 is 2.04 bits per heavy atom. The van der Waals surface area contributed by atoms with Crippen molar-refractivity contribution in [1.29, 1.82) is 0 Å². The van der Waals surface area contributed by atoms with Gasteiger partial charge in [-0.1, -0.05) is 41.6 Å². The highest BCUT2D eigenvalue weighted by Gasteiger charge is 2.17. The van der Waals surface area contributed by atoms with Crippen LogP contribution in [0.2, 0.25) is 5.02 Å². The Bertz CT molecular complexity index is 886. The zero-order valence-electron chi connectivity index (χ0n) is 12.5. The van der Waals surface area contributed by atoms with E-state index in [1.165, 1.54) is 17.8 Å². The first-order chi connectivity index (χ1) is 11.5. The van der Waals surface area contributed by atoms with E-state index in [1.807, 2.05) is 25.1 Å². The average molecular weight is 362 g/mol. The van der Waals surface area contributed by atoms with Crippen molar-refractivity contribution in [3.63, 3.8) is 0 Å². The quantitative estimate of drug-likeness (QED) is 0.386. The second-order valence-corrected chi connectivity index (χ2v) is 6.71. The van der Waals surface area contributed by atoms with Crippen molar-refractivity contribution < 1.29 is 4.92 Å². The Hall–Kier alpha value is -2.45. The minimum atomic E-state index is -0.406. The molecule has 7 nitrogen and oxygen atoms in total. The lowest BCUT2D eigenvalue weighted by atomic mass is 10.1. The molecule has 0 saturated heterocycles. The van der Waals surface area contributed by atoms with Gasteiger partial charge in [-0.2, -0.15) is 4.68 Å². The fraction of sp³-hybridized carbons (Fsp3) is 0.133. The highest BCUT2D eigenvalue weighted by Crippen LogP contribution is 2.35. The topological polar surface area (TPSA) is 86.7 Å². The maximum absolute atomic E-state index is 10.9. The summed E-state index contributed by atoms with van der Waals surface area (Å²) in [5, 5.41) is 23.8. The molecule has 122 valence electrons. The van der Waals surface area contributed by atoms with E-state index in [9.17, 15) is 10.1 Å². The van der Waals surface area contributed by atoms with Crippen molar-refractivity contribution in [1.82, 2.24) is 20.2 Å². The number of halogens is 1. The minimum absolute atomic E-state index is 0.0613. The summed E-state index contributed by atoms with van der Waals surface area (Å²) in [5.41, 5.74) is 1.64. The number of nitro groups is 1. The van der Waals surface area contributed by atoms with Crippen molar-refractivity contribution in [2.45, 2.75) is 17.3 Å². The van der Waals surface area contributed by atoms with Crippen LogP contribution in [-0.2, 0) is 0 Å². The summed E-state index contributed by atoms with van der Waals surface area (Å²) < 4.78 is 1.59. The van der Waals surface area contributed by atoms with Crippen molar-refractivity contribution in [2.24, 2.45) is 0 Å². The third kappa shape index (κ3) is 3.55. The van der Waals surface area contributed by atoms with Crippen LogP contribution in [0.5, 0.6) is 0 Å². The summed E-state index contributed by atoms with van der Waals surface area (Å²) in [7, 11) is 0. The molecule has 0 radical (unpaired) electrons. The standard InChI is InChI=1S/C15H12ClN5O2S/c1-10(11-4-2-7-14(8-11)21(22)23)24-15-17-18-19-20(15)13-6-3-5-12(16)9-13/h2-10H,1H3/t10-/m0/s1. The number of rotatable bonds is 5. The van der Waals surface area contributed by atoms with Crippen LogP contribution in [0.1, 0.15) is 17.7 Å². The van der Waals surface area contributed by atoms with Gasteiger partial charge in [-0.05, 0) is 41.1 Å². The number of hydrogen-bond donors (Lipinski definition) is 0. The number of benzene rings is 2. The van der Waals surface area contributed by atoms with E-state index in [1.54, 1.807) is 28.9 Å². The van der Waals surface area contributed by atoms with Gasteiger partial charge in [-0.3, -0.25) is 10.1 Å². The Morgan fingerprint density at radius 1 is 1.25 bits per heavy atom. The summed E-state index contributed by atoms with van der Waals surface area (Å²) in [5.74, 6) is 0. The third-order valence-electron chi connectivity index (χ3n) is 3.33. The molecule has 0 saturated carbocycles. The first kappa shape index (κ1) is 16.4. The number of tetrazole rings is 1. The first-order valence-corrected chi connectivity index (χ1v) is 8.25. The van der Waals surface area contributed by atoms with Crippen LogP contribution in [0, 0.1) is 10.1 Å². The molecule has 0 N–H and O–H groups in total. The SMILES string of the molecule is C[C@H](Sc1nnnn1-c1cccc(Cl)c1)c1cccc([N+](=O)[O-])c1. The highest BCUT2D eigenvalue weighted by atomic mass is 35.5. The maximum atomic E-state index is 10.9. The summed E-state index contributed by atoms with van der Waals surface area (Å²) in [6.45, 7) is 1.95. The molecular formula is C15H12ClN5O2S. The molecule has 0 spiro atoms. The number of thioether (sulfide) groups is 1. The zero-order valence-corrected chi connectivity index (χ0v) is 14.1. The van der Waals surface area contributed by atoms with Crippen LogP contribution < -0.4 is 0 Å². The summed E-state index contributed by atoms with van der Waals surface area (Å²) in [6, 6.07) is 13.8. The Morgan fingerprint density at radius 3 is 2.79 bits per heavy atom. The Balaban J connectivity index is 1.86. The summed E-state index contributed by atoms with van der Waals surface area (Å²) >= 11 is 7.42. The van der Waals surface area contributed by atoms with Gasteiger partial charge in [0.1, 0.15) is 0 Å². The second-order valence-electron chi connectivity index (χ2n) is 4.97. The Kier molecular flexibility index (Phi) is 4.77. The molecule has 1 aromatic heterocycles. The molecule has 0 aliphatic carbocycles. The van der Waals surface area contributed by atoms with E-state index < -0.39 is 4.92 Å². The number of nitrogens with zero attached hydrogens (tertiary/aromatic N) is 5. The van der Waals surface area contributed by atoms with Crippen molar-refractivity contribution in [3.05, 3.63) is 69.2 Å². The molecular weight excluding hydrogens is 350 g/mol. The zero-order chi connectivity index (χ0) is 17.1. The number of hydrogen-bond acceptors (Lipinski definition) is 6. The molecule has 2 aromatic carbocycles. The first-order valence-electron chi connectivity index (χ1n) is 7.00. The molecule has 9 heteroatoms. The van der Waals surface area contributed by atoms with Crippen molar-refractivity contribution in [3.8, 4) is 5.69 Å². The summed E-state index contributed by atoms with van der Waals surface area (Å²) in [6.07, 6.45) is 0. The van der Waals surface area contributed by atoms with E-state index in [0.717, 1.165) is 11.3 Å². The fourth-order valence-corrected chi connectivity index (χ4v) is 3.25. The van der Waals surface area contributed by atoms with Gasteiger partial charge in [0, 0.05) is 22.4 Å². The number of aromatic nitrogens is 4. The summed E-state index contributed by atoms with van der Waals surface area (Å²) in [4.78, 5) is 10.5. The van der Waals surface area contributed by atoms with Gasteiger partial charge < -0.3 is 0 Å². The molecule has 0 bridgehead atoms. The van der Waals surface area contributed by atoms with Gasteiger partial charge >= 0.3 is 0 Å². The van der Waals surface area contributed by atoms with Crippen LogP contribution in [0.3, 0.4) is 0 Å². The van der Waals surface area contributed by atoms with Crippen LogP contribution in [0.15, 0.2) is 53.7 Å². The molecule has 0 aliphatic rings. The van der Waals surface area contributed by atoms with Gasteiger partial charge in [-0.15, -0.1) is 5.10 Å². The largest absolute Gasteiger partial charge is 0.269 e. The lowest BCUT2D eigenvalue weighted by Gasteiger charge is -2.11. The van der Waals surface area contributed by atoms with Crippen LogP contribution >= 0.6 is 23.4 Å². The lowest BCUT2D eigenvalue weighted by molar-refractivity contribution is -0.384. The monoisotopic (exact) mass is 361 g/mol.